The third-order valence-electron chi connectivity index (χ3n) is 4.98. The number of halogens is 2. The quantitative estimate of drug-likeness (QED) is 0.203. The number of benzene rings is 4. The molecule has 35 heavy (non-hydrogen) atoms. The third kappa shape index (κ3) is 6.51. The van der Waals surface area contributed by atoms with Crippen LogP contribution >= 0.6 is 23.2 Å². The molecule has 0 spiro atoms. The number of carbonyl (C=O) groups excluding carboxylic acids is 1. The molecule has 0 aromatic heterocycles. The first-order valence-corrected chi connectivity index (χ1v) is 12.8. The van der Waals surface area contributed by atoms with Gasteiger partial charge in [0.2, 0.25) is 0 Å². The molecule has 176 valence electrons. The van der Waals surface area contributed by atoms with E-state index in [-0.39, 0.29) is 16.5 Å². The van der Waals surface area contributed by atoms with Gasteiger partial charge in [-0.05, 0) is 59.7 Å². The Morgan fingerprint density at radius 1 is 0.714 bits per heavy atom. The van der Waals surface area contributed by atoms with Gasteiger partial charge in [0.25, 0.3) is 15.9 Å². The van der Waals surface area contributed by atoms with Crippen molar-refractivity contribution in [1.29, 1.82) is 0 Å². The van der Waals surface area contributed by atoms with Gasteiger partial charge < -0.3 is 5.32 Å². The molecule has 0 heterocycles. The summed E-state index contributed by atoms with van der Waals surface area (Å²) in [6.07, 6.45) is 1.81. The lowest BCUT2D eigenvalue weighted by Crippen LogP contribution is -2.15. The maximum atomic E-state index is 13.2. The number of rotatable bonds is 7. The van der Waals surface area contributed by atoms with Crippen molar-refractivity contribution in [2.45, 2.75) is 4.90 Å². The molecule has 0 unspecified atom stereocenters. The van der Waals surface area contributed by atoms with Crippen molar-refractivity contribution in [2.75, 3.05) is 10.0 Å². The molecule has 4 rings (SSSR count). The predicted octanol–water partition coefficient (Wildman–Crippen LogP) is 6.97. The smallest absolute Gasteiger partial charge is 0.261 e. The van der Waals surface area contributed by atoms with Crippen LogP contribution in [0, 0.1) is 0 Å². The van der Waals surface area contributed by atoms with Crippen LogP contribution in [0.25, 0.3) is 11.6 Å². The lowest BCUT2D eigenvalue weighted by Gasteiger charge is -2.12. The monoisotopic (exact) mass is 522 g/mol. The van der Waals surface area contributed by atoms with Crippen LogP contribution in [0.5, 0.6) is 0 Å². The summed E-state index contributed by atoms with van der Waals surface area (Å²) < 4.78 is 28.0. The van der Waals surface area contributed by atoms with Crippen LogP contribution < -0.4 is 10.0 Å². The van der Waals surface area contributed by atoms with Gasteiger partial charge in [0.05, 0.1) is 10.6 Å². The summed E-state index contributed by atoms with van der Waals surface area (Å²) in [5, 5.41) is 3.47. The molecule has 2 N–H and O–H groups in total. The van der Waals surface area contributed by atoms with Crippen molar-refractivity contribution in [2.24, 2.45) is 0 Å². The van der Waals surface area contributed by atoms with E-state index in [0.717, 1.165) is 11.1 Å². The summed E-state index contributed by atoms with van der Waals surface area (Å²) in [7, 11) is -3.88. The van der Waals surface area contributed by atoms with E-state index in [0.29, 0.717) is 21.3 Å². The van der Waals surface area contributed by atoms with Gasteiger partial charge in [0, 0.05) is 21.3 Å². The zero-order chi connectivity index (χ0) is 24.8. The summed E-state index contributed by atoms with van der Waals surface area (Å²) in [4.78, 5) is 13.2. The van der Waals surface area contributed by atoms with Gasteiger partial charge in [-0.3, -0.25) is 9.52 Å². The van der Waals surface area contributed by atoms with Gasteiger partial charge in [-0.1, -0.05) is 83.9 Å². The average molecular weight is 523 g/mol. The Bertz CT molecular complexity index is 1450. The molecule has 0 aliphatic rings. The van der Waals surface area contributed by atoms with Crippen LogP contribution in [0.15, 0.2) is 108 Å². The minimum Gasteiger partial charge on any atom is -0.322 e. The number of nitrogens with one attached hydrogen (secondary N) is 2. The minimum atomic E-state index is -3.88. The lowest BCUT2D eigenvalue weighted by atomic mass is 10.0. The molecule has 0 fully saturated rings. The summed E-state index contributed by atoms with van der Waals surface area (Å²) >= 11 is 11.9. The molecule has 0 aliphatic heterocycles. The highest BCUT2D eigenvalue weighted by atomic mass is 35.5. The first-order valence-electron chi connectivity index (χ1n) is 10.5. The molecule has 0 saturated heterocycles. The summed E-state index contributed by atoms with van der Waals surface area (Å²) in [5.41, 5.74) is 2.83. The fraction of sp³-hybridized carbons (Fsp3) is 0. The minimum absolute atomic E-state index is 0.0229. The molecule has 0 saturated carbocycles. The van der Waals surface area contributed by atoms with Crippen LogP contribution in [0.1, 0.15) is 11.1 Å². The number of amides is 1. The van der Waals surface area contributed by atoms with Crippen LogP contribution in [-0.4, -0.2) is 14.3 Å². The summed E-state index contributed by atoms with van der Waals surface area (Å²) in [5.74, 6) is -0.317. The van der Waals surface area contributed by atoms with E-state index < -0.39 is 10.0 Å². The van der Waals surface area contributed by atoms with Crippen LogP contribution in [0.4, 0.5) is 11.4 Å². The van der Waals surface area contributed by atoms with E-state index in [1.54, 1.807) is 0 Å². The van der Waals surface area contributed by atoms with Crippen molar-refractivity contribution in [3.05, 3.63) is 124 Å². The van der Waals surface area contributed by atoms with E-state index in [1.807, 2.05) is 66.7 Å². The first-order chi connectivity index (χ1) is 16.8. The Morgan fingerprint density at radius 2 is 1.29 bits per heavy atom. The van der Waals surface area contributed by atoms with E-state index in [4.69, 9.17) is 23.2 Å². The van der Waals surface area contributed by atoms with Crippen molar-refractivity contribution < 1.29 is 13.2 Å². The van der Waals surface area contributed by atoms with Crippen LogP contribution in [0.3, 0.4) is 0 Å². The zero-order valence-corrected chi connectivity index (χ0v) is 20.6. The second-order valence-corrected chi connectivity index (χ2v) is 10.1. The summed E-state index contributed by atoms with van der Waals surface area (Å²) in [6.45, 7) is 0. The fourth-order valence-corrected chi connectivity index (χ4v) is 4.92. The van der Waals surface area contributed by atoms with Gasteiger partial charge in [0.1, 0.15) is 0 Å². The Labute approximate surface area is 214 Å². The molecular weight excluding hydrogens is 503 g/mol. The molecule has 0 radical (unpaired) electrons. The van der Waals surface area contributed by atoms with Gasteiger partial charge in [-0.15, -0.1) is 0 Å². The first kappa shape index (κ1) is 24.5. The van der Waals surface area contributed by atoms with Gasteiger partial charge in [-0.2, -0.15) is 0 Å². The van der Waals surface area contributed by atoms with E-state index in [1.165, 1.54) is 42.5 Å². The van der Waals surface area contributed by atoms with Crippen LogP contribution in [0.2, 0.25) is 10.0 Å². The van der Waals surface area contributed by atoms with Crippen molar-refractivity contribution >= 4 is 62.2 Å². The normalized spacial score (nSPS) is 11.7. The Morgan fingerprint density at radius 3 is 1.89 bits per heavy atom. The Kier molecular flexibility index (Phi) is 7.56. The second-order valence-electron chi connectivity index (χ2n) is 7.58. The second kappa shape index (κ2) is 10.8. The van der Waals surface area contributed by atoms with Gasteiger partial charge in [0.15, 0.2) is 0 Å². The number of hydrogen-bond acceptors (Lipinski definition) is 3. The van der Waals surface area contributed by atoms with Crippen molar-refractivity contribution in [3.8, 4) is 0 Å². The van der Waals surface area contributed by atoms with Gasteiger partial charge >= 0.3 is 0 Å². The summed E-state index contributed by atoms with van der Waals surface area (Å²) in [6, 6.07) is 29.2. The van der Waals surface area contributed by atoms with E-state index in [9.17, 15) is 13.2 Å². The maximum Gasteiger partial charge on any atom is 0.261 e. The maximum absolute atomic E-state index is 13.2. The highest BCUT2D eigenvalue weighted by molar-refractivity contribution is 7.92. The predicted molar refractivity (Wildman–Crippen MR) is 143 cm³/mol. The highest BCUT2D eigenvalue weighted by Gasteiger charge is 2.16. The van der Waals surface area contributed by atoms with Gasteiger partial charge in [-0.25, -0.2) is 8.42 Å². The standard InChI is InChI=1S/C27H20Cl2N2O3S/c28-21-16-22(29)18-24(17-21)31-35(33,34)25-13-11-23(12-14-25)30-27(32)26(20-9-5-2-6-10-20)15-19-7-3-1-4-8-19/h1-18,31H,(H,30,32)/b26-15+. The molecule has 4 aromatic carbocycles. The highest BCUT2D eigenvalue weighted by Crippen LogP contribution is 2.26. The topological polar surface area (TPSA) is 75.3 Å². The Hall–Kier alpha value is -3.58. The zero-order valence-electron chi connectivity index (χ0n) is 18.3. The number of carbonyl (C=O) groups is 1. The van der Waals surface area contributed by atoms with E-state index >= 15 is 0 Å². The third-order valence-corrected chi connectivity index (χ3v) is 6.81. The largest absolute Gasteiger partial charge is 0.322 e. The number of sulfonamides is 1. The lowest BCUT2D eigenvalue weighted by molar-refractivity contribution is -0.111. The molecule has 4 aromatic rings. The molecule has 8 heteroatoms. The molecule has 0 atom stereocenters. The van der Waals surface area contributed by atoms with Crippen molar-refractivity contribution in [1.82, 2.24) is 0 Å². The molecule has 1 amide bonds. The SMILES string of the molecule is O=C(Nc1ccc(S(=O)(=O)Nc2cc(Cl)cc(Cl)c2)cc1)/C(=C/c1ccccc1)c1ccccc1. The van der Waals surface area contributed by atoms with Crippen LogP contribution in [-0.2, 0) is 14.8 Å². The average Bonchev–Trinajstić information content (AvgIpc) is 2.83. The molecule has 0 bridgehead atoms. The number of hydrogen-bond donors (Lipinski definition) is 2. The molecule has 5 nitrogen and oxygen atoms in total. The van der Waals surface area contributed by atoms with Crippen molar-refractivity contribution in [3.63, 3.8) is 0 Å². The number of anilines is 2. The molecule has 0 aliphatic carbocycles. The Balaban J connectivity index is 1.55. The molecular formula is C27H20Cl2N2O3S. The fourth-order valence-electron chi connectivity index (χ4n) is 3.36. The van der Waals surface area contributed by atoms with E-state index in [2.05, 4.69) is 10.0 Å².